The summed E-state index contributed by atoms with van der Waals surface area (Å²) < 4.78 is 5.01. The molecule has 0 saturated carbocycles. The third-order valence-corrected chi connectivity index (χ3v) is 3.76. The molecule has 2 rings (SSSR count). The quantitative estimate of drug-likeness (QED) is 0.378. The van der Waals surface area contributed by atoms with Crippen molar-refractivity contribution in [2.24, 2.45) is 0 Å². The lowest BCUT2D eigenvalue weighted by Gasteiger charge is -2.43. The molecule has 1 unspecified atom stereocenters. The van der Waals surface area contributed by atoms with E-state index in [0.717, 1.165) is 0 Å². The molecule has 2 aliphatic heterocycles. The third-order valence-electron chi connectivity index (χ3n) is 3.76. The van der Waals surface area contributed by atoms with E-state index >= 15 is 0 Å². The van der Waals surface area contributed by atoms with Gasteiger partial charge in [-0.2, -0.15) is 0 Å². The maximum absolute atomic E-state index is 11.0. The van der Waals surface area contributed by atoms with Crippen molar-refractivity contribution in [1.29, 1.82) is 0 Å². The topological polar surface area (TPSA) is 131 Å². The van der Waals surface area contributed by atoms with Gasteiger partial charge in [0.15, 0.2) is 0 Å². The summed E-state index contributed by atoms with van der Waals surface area (Å²) in [4.78, 5) is 12.5. The van der Waals surface area contributed by atoms with E-state index in [0.29, 0.717) is 19.4 Å². The Labute approximate surface area is 109 Å². The highest BCUT2D eigenvalue weighted by atomic mass is 16.6. The first-order valence-corrected chi connectivity index (χ1v) is 6.22. The molecule has 8 nitrogen and oxygen atoms in total. The van der Waals surface area contributed by atoms with Crippen LogP contribution in [0.2, 0.25) is 0 Å². The molecule has 110 valence electrons. The molecule has 2 fully saturated rings. The summed E-state index contributed by atoms with van der Waals surface area (Å²) in [5.74, 6) is -3.07. The molecular formula is C11H19NO7. The van der Waals surface area contributed by atoms with Crippen molar-refractivity contribution in [3.63, 3.8) is 0 Å². The molecule has 19 heavy (non-hydrogen) atoms. The molecule has 2 heterocycles. The second-order valence-electron chi connectivity index (χ2n) is 5.13. The van der Waals surface area contributed by atoms with Crippen LogP contribution in [0.5, 0.6) is 0 Å². The SMILES string of the molecule is O=C(O)[C@H]1CCCN1CC1(O)OC[C@@H](O)[C@@H](O)[C@@H]1O. The number of aliphatic hydroxyl groups excluding tert-OH is 3. The average molecular weight is 277 g/mol. The number of hydrogen-bond donors (Lipinski definition) is 5. The normalized spacial score (nSPS) is 44.4. The Morgan fingerprint density at radius 3 is 2.68 bits per heavy atom. The summed E-state index contributed by atoms with van der Waals surface area (Å²) in [5.41, 5.74) is 0. The van der Waals surface area contributed by atoms with Crippen LogP contribution in [0.15, 0.2) is 0 Å². The summed E-state index contributed by atoms with van der Waals surface area (Å²) in [6.07, 6.45) is -3.35. The molecule has 0 aliphatic carbocycles. The maximum Gasteiger partial charge on any atom is 0.320 e. The molecule has 0 aromatic carbocycles. The van der Waals surface area contributed by atoms with Gasteiger partial charge >= 0.3 is 5.97 Å². The zero-order chi connectivity index (χ0) is 14.2. The van der Waals surface area contributed by atoms with Gasteiger partial charge in [-0.05, 0) is 19.4 Å². The Hall–Kier alpha value is -0.770. The van der Waals surface area contributed by atoms with Crippen molar-refractivity contribution >= 4 is 5.97 Å². The lowest BCUT2D eigenvalue weighted by molar-refractivity contribution is -0.325. The van der Waals surface area contributed by atoms with Crippen LogP contribution in [-0.2, 0) is 9.53 Å². The number of nitrogens with zero attached hydrogens (tertiary/aromatic N) is 1. The van der Waals surface area contributed by atoms with Gasteiger partial charge in [-0.1, -0.05) is 0 Å². The van der Waals surface area contributed by atoms with Crippen LogP contribution in [0.1, 0.15) is 12.8 Å². The van der Waals surface area contributed by atoms with Crippen LogP contribution in [0.25, 0.3) is 0 Å². The van der Waals surface area contributed by atoms with Crippen molar-refractivity contribution < 1.29 is 35.1 Å². The van der Waals surface area contributed by atoms with Crippen molar-refractivity contribution in [2.75, 3.05) is 19.7 Å². The average Bonchev–Trinajstić information content (AvgIpc) is 2.80. The molecule has 0 amide bonds. The summed E-state index contributed by atoms with van der Waals surface area (Å²) in [6.45, 7) is -0.0801. The third kappa shape index (κ3) is 2.73. The minimum Gasteiger partial charge on any atom is -0.480 e. The van der Waals surface area contributed by atoms with Crippen molar-refractivity contribution in [1.82, 2.24) is 4.90 Å². The molecule has 8 heteroatoms. The van der Waals surface area contributed by atoms with E-state index < -0.39 is 36.1 Å². The second kappa shape index (κ2) is 5.31. The number of carboxylic acids is 1. The molecule has 0 aromatic heterocycles. The van der Waals surface area contributed by atoms with Gasteiger partial charge in [-0.3, -0.25) is 9.69 Å². The van der Waals surface area contributed by atoms with Crippen LogP contribution >= 0.6 is 0 Å². The van der Waals surface area contributed by atoms with Crippen LogP contribution < -0.4 is 0 Å². The predicted molar refractivity (Wildman–Crippen MR) is 61.2 cm³/mol. The monoisotopic (exact) mass is 277 g/mol. The zero-order valence-corrected chi connectivity index (χ0v) is 10.3. The van der Waals surface area contributed by atoms with Gasteiger partial charge in [-0.15, -0.1) is 0 Å². The highest BCUT2D eigenvalue weighted by molar-refractivity contribution is 5.73. The van der Waals surface area contributed by atoms with Gasteiger partial charge in [0.25, 0.3) is 0 Å². The van der Waals surface area contributed by atoms with Crippen LogP contribution in [0.3, 0.4) is 0 Å². The fourth-order valence-electron chi connectivity index (χ4n) is 2.62. The molecular weight excluding hydrogens is 258 g/mol. The van der Waals surface area contributed by atoms with Gasteiger partial charge in [0.1, 0.15) is 24.4 Å². The Morgan fingerprint density at radius 1 is 1.37 bits per heavy atom. The number of ether oxygens (including phenoxy) is 1. The smallest absolute Gasteiger partial charge is 0.320 e. The van der Waals surface area contributed by atoms with Crippen LogP contribution in [0.4, 0.5) is 0 Å². The second-order valence-corrected chi connectivity index (χ2v) is 5.13. The number of aliphatic hydroxyl groups is 4. The van der Waals surface area contributed by atoms with Gasteiger partial charge in [0.05, 0.1) is 13.2 Å². The first-order valence-electron chi connectivity index (χ1n) is 6.22. The highest BCUT2D eigenvalue weighted by Crippen LogP contribution is 2.28. The fraction of sp³-hybridized carbons (Fsp3) is 0.909. The van der Waals surface area contributed by atoms with Gasteiger partial charge in [0.2, 0.25) is 5.79 Å². The van der Waals surface area contributed by atoms with Crippen LogP contribution in [-0.4, -0.2) is 86.2 Å². The number of hydrogen-bond acceptors (Lipinski definition) is 7. The van der Waals surface area contributed by atoms with E-state index in [4.69, 9.17) is 9.84 Å². The standard InChI is InChI=1S/C11H19NO7/c13-7-4-19-11(18,9(15)8(7)14)5-12-3-1-2-6(12)10(16)17/h6-9,13-15,18H,1-5H2,(H,16,17)/t6-,7-,8-,9+,11?/m1/s1. The minimum atomic E-state index is -2.07. The lowest BCUT2D eigenvalue weighted by Crippen LogP contribution is -2.65. The van der Waals surface area contributed by atoms with Crippen molar-refractivity contribution in [2.45, 2.75) is 43.0 Å². The Balaban J connectivity index is 2.06. The minimum absolute atomic E-state index is 0.227. The number of likely N-dealkylation sites (tertiary alicyclic amines) is 1. The molecule has 5 N–H and O–H groups in total. The van der Waals surface area contributed by atoms with Gasteiger partial charge < -0.3 is 30.3 Å². The number of rotatable bonds is 3. The first kappa shape index (κ1) is 14.6. The summed E-state index contributed by atoms with van der Waals surface area (Å²) in [7, 11) is 0. The highest BCUT2D eigenvalue weighted by Gasteiger charge is 2.50. The summed E-state index contributed by atoms with van der Waals surface area (Å²) in [5, 5.41) is 47.9. The van der Waals surface area contributed by atoms with Crippen molar-refractivity contribution in [3.8, 4) is 0 Å². The van der Waals surface area contributed by atoms with Gasteiger partial charge in [-0.25, -0.2) is 0 Å². The summed E-state index contributed by atoms with van der Waals surface area (Å²) in [6, 6.07) is -0.733. The zero-order valence-electron chi connectivity index (χ0n) is 10.3. The maximum atomic E-state index is 11.0. The molecule has 2 aliphatic rings. The number of aliphatic carboxylic acids is 1. The molecule has 5 atom stereocenters. The predicted octanol–water partition coefficient (Wildman–Crippen LogP) is -2.66. The fourth-order valence-corrected chi connectivity index (χ4v) is 2.62. The molecule has 0 spiro atoms. The van der Waals surface area contributed by atoms with E-state index in [-0.39, 0.29) is 13.2 Å². The van der Waals surface area contributed by atoms with Gasteiger partial charge in [0, 0.05) is 0 Å². The molecule has 0 bridgehead atoms. The molecule has 2 saturated heterocycles. The Bertz CT molecular complexity index is 352. The molecule has 0 radical (unpaired) electrons. The number of carbonyl (C=O) groups is 1. The number of β-amino-alcohol motifs (C(OH)–C–C–N with tert-alkyl or cyclic N) is 1. The van der Waals surface area contributed by atoms with E-state index in [2.05, 4.69) is 0 Å². The van der Waals surface area contributed by atoms with Crippen molar-refractivity contribution in [3.05, 3.63) is 0 Å². The molecule has 0 aromatic rings. The number of carboxylic acid groups (broad SMARTS) is 1. The van der Waals surface area contributed by atoms with E-state index in [9.17, 15) is 25.2 Å². The van der Waals surface area contributed by atoms with E-state index in [1.54, 1.807) is 0 Å². The lowest BCUT2D eigenvalue weighted by atomic mass is 9.96. The van der Waals surface area contributed by atoms with E-state index in [1.807, 2.05) is 0 Å². The largest absolute Gasteiger partial charge is 0.480 e. The first-order chi connectivity index (χ1) is 8.85. The van der Waals surface area contributed by atoms with E-state index in [1.165, 1.54) is 4.90 Å². The Morgan fingerprint density at radius 2 is 2.05 bits per heavy atom. The van der Waals surface area contributed by atoms with Crippen LogP contribution in [0, 0.1) is 0 Å². The Kier molecular flexibility index (Phi) is 4.09. The summed E-state index contributed by atoms with van der Waals surface area (Å²) >= 11 is 0.